The Morgan fingerprint density at radius 1 is 1.57 bits per heavy atom. The van der Waals surface area contributed by atoms with Gasteiger partial charge in [0.05, 0.1) is 0 Å². The molecule has 6 heteroatoms. The number of ether oxygens (including phenoxy) is 1. The van der Waals surface area contributed by atoms with Gasteiger partial charge in [0.15, 0.2) is 5.96 Å². The summed E-state index contributed by atoms with van der Waals surface area (Å²) in [4.78, 5) is 8.31. The van der Waals surface area contributed by atoms with E-state index < -0.39 is 0 Å². The van der Waals surface area contributed by atoms with Crippen LogP contribution in [0.15, 0.2) is 16.4 Å². The number of guanidine groups is 1. The molecule has 0 radical (unpaired) electrons. The Kier molecular flexibility index (Phi) is 6.99. The Morgan fingerprint density at radius 3 is 3.33 bits per heavy atom. The lowest BCUT2D eigenvalue weighted by Gasteiger charge is -2.26. The molecule has 0 bridgehead atoms. The number of fused-ring (bicyclic) bond motifs is 1. The first-order valence-corrected chi connectivity index (χ1v) is 8.56. The minimum atomic E-state index is 0.541. The molecular formula is C15H26N4OS. The zero-order valence-electron chi connectivity index (χ0n) is 12.8. The molecular weight excluding hydrogens is 284 g/mol. The average Bonchev–Trinajstić information content (AvgIpc) is 2.94. The molecule has 5 nitrogen and oxygen atoms in total. The highest BCUT2D eigenvalue weighted by Crippen LogP contribution is 2.23. The number of nitrogens with zero attached hydrogens (tertiary/aromatic N) is 2. The van der Waals surface area contributed by atoms with Gasteiger partial charge in [-0.1, -0.05) is 0 Å². The van der Waals surface area contributed by atoms with Crippen LogP contribution in [0.4, 0.5) is 0 Å². The summed E-state index contributed by atoms with van der Waals surface area (Å²) in [5.41, 5.74) is 7.33. The number of rotatable bonds is 8. The Hall–Kier alpha value is -1.11. The van der Waals surface area contributed by atoms with Crippen LogP contribution in [0.3, 0.4) is 0 Å². The lowest BCUT2D eigenvalue weighted by molar-refractivity contribution is 0.146. The van der Waals surface area contributed by atoms with Crippen molar-refractivity contribution in [2.75, 3.05) is 39.4 Å². The quantitative estimate of drug-likeness (QED) is 0.433. The SMILES string of the molecule is CCOCCCN=C(N)NCCN1CCc2sccc2C1. The zero-order valence-corrected chi connectivity index (χ0v) is 13.6. The molecule has 2 rings (SSSR count). The van der Waals surface area contributed by atoms with Gasteiger partial charge in [-0.25, -0.2) is 0 Å². The van der Waals surface area contributed by atoms with Crippen LogP contribution in [0.25, 0.3) is 0 Å². The first kappa shape index (κ1) is 16.3. The van der Waals surface area contributed by atoms with Crippen LogP contribution < -0.4 is 11.1 Å². The lowest BCUT2D eigenvalue weighted by atomic mass is 10.1. The van der Waals surface area contributed by atoms with Crippen molar-refractivity contribution in [2.24, 2.45) is 10.7 Å². The Bertz CT molecular complexity index is 447. The summed E-state index contributed by atoms with van der Waals surface area (Å²) in [5, 5.41) is 5.38. The smallest absolute Gasteiger partial charge is 0.188 e. The van der Waals surface area contributed by atoms with Crippen molar-refractivity contribution in [3.8, 4) is 0 Å². The average molecular weight is 310 g/mol. The van der Waals surface area contributed by atoms with E-state index in [4.69, 9.17) is 10.5 Å². The molecule has 2 heterocycles. The van der Waals surface area contributed by atoms with E-state index in [9.17, 15) is 0 Å². The standard InChI is InChI=1S/C15H26N4OS/c1-2-20-10-3-6-17-15(16)18-7-9-19-8-4-14-13(12-19)5-11-21-14/h5,11H,2-4,6-10,12H2,1H3,(H3,16,17,18). The predicted molar refractivity (Wildman–Crippen MR) is 88.9 cm³/mol. The van der Waals surface area contributed by atoms with Gasteiger partial charge in [0.1, 0.15) is 0 Å². The van der Waals surface area contributed by atoms with Crippen molar-refractivity contribution in [2.45, 2.75) is 26.3 Å². The van der Waals surface area contributed by atoms with Crippen LogP contribution in [-0.4, -0.2) is 50.3 Å². The molecule has 0 atom stereocenters. The number of nitrogens with one attached hydrogen (secondary N) is 1. The van der Waals surface area contributed by atoms with Crippen LogP contribution in [0, 0.1) is 0 Å². The molecule has 0 spiro atoms. The monoisotopic (exact) mass is 310 g/mol. The predicted octanol–water partition coefficient (Wildman–Crippen LogP) is 1.44. The second kappa shape index (κ2) is 9.02. The van der Waals surface area contributed by atoms with Gasteiger partial charge in [0, 0.05) is 50.8 Å². The highest BCUT2D eigenvalue weighted by molar-refractivity contribution is 7.10. The van der Waals surface area contributed by atoms with Crippen molar-refractivity contribution in [1.82, 2.24) is 10.2 Å². The molecule has 1 aliphatic heterocycles. The minimum absolute atomic E-state index is 0.541. The molecule has 0 unspecified atom stereocenters. The van der Waals surface area contributed by atoms with Crippen molar-refractivity contribution in [3.63, 3.8) is 0 Å². The minimum Gasteiger partial charge on any atom is -0.382 e. The summed E-state index contributed by atoms with van der Waals surface area (Å²) in [6.45, 7) is 8.29. The third-order valence-corrected chi connectivity index (χ3v) is 4.58. The van der Waals surface area contributed by atoms with Gasteiger partial charge in [-0.3, -0.25) is 9.89 Å². The maximum atomic E-state index is 5.85. The van der Waals surface area contributed by atoms with E-state index in [2.05, 4.69) is 26.7 Å². The van der Waals surface area contributed by atoms with Crippen molar-refractivity contribution in [3.05, 3.63) is 21.9 Å². The molecule has 0 aliphatic carbocycles. The van der Waals surface area contributed by atoms with Gasteiger partial charge >= 0.3 is 0 Å². The van der Waals surface area contributed by atoms with Gasteiger partial charge in [0.2, 0.25) is 0 Å². The third kappa shape index (κ3) is 5.65. The Labute approximate surface area is 131 Å². The molecule has 0 saturated heterocycles. The van der Waals surface area contributed by atoms with E-state index in [-0.39, 0.29) is 0 Å². The van der Waals surface area contributed by atoms with Crippen LogP contribution in [-0.2, 0) is 17.7 Å². The fraction of sp³-hybridized carbons (Fsp3) is 0.667. The molecule has 21 heavy (non-hydrogen) atoms. The lowest BCUT2D eigenvalue weighted by Crippen LogP contribution is -2.40. The third-order valence-electron chi connectivity index (χ3n) is 3.55. The number of thiophene rings is 1. The fourth-order valence-corrected chi connectivity index (χ4v) is 3.30. The molecule has 118 valence electrons. The van der Waals surface area contributed by atoms with Gasteiger partial charge in [-0.05, 0) is 36.8 Å². The van der Waals surface area contributed by atoms with Crippen LogP contribution in [0.5, 0.6) is 0 Å². The Balaban J connectivity index is 1.58. The molecule has 0 fully saturated rings. The molecule has 1 aromatic heterocycles. The molecule has 0 aromatic carbocycles. The molecule has 1 aliphatic rings. The van der Waals surface area contributed by atoms with Crippen LogP contribution in [0.2, 0.25) is 0 Å². The molecule has 3 N–H and O–H groups in total. The number of hydrogen-bond donors (Lipinski definition) is 2. The highest BCUT2D eigenvalue weighted by Gasteiger charge is 2.16. The molecule has 0 saturated carbocycles. The largest absolute Gasteiger partial charge is 0.382 e. The van der Waals surface area contributed by atoms with Crippen molar-refractivity contribution < 1.29 is 4.74 Å². The van der Waals surface area contributed by atoms with Gasteiger partial charge < -0.3 is 15.8 Å². The van der Waals surface area contributed by atoms with Crippen LogP contribution in [0.1, 0.15) is 23.8 Å². The fourth-order valence-electron chi connectivity index (χ4n) is 2.41. The molecule has 1 aromatic rings. The normalized spacial score (nSPS) is 16.0. The van der Waals surface area contributed by atoms with Gasteiger partial charge in [-0.15, -0.1) is 11.3 Å². The first-order valence-electron chi connectivity index (χ1n) is 7.68. The number of nitrogens with two attached hydrogens (primary N) is 1. The summed E-state index contributed by atoms with van der Waals surface area (Å²) in [7, 11) is 0. The summed E-state index contributed by atoms with van der Waals surface area (Å²) < 4.78 is 5.26. The van der Waals surface area contributed by atoms with E-state index in [0.29, 0.717) is 5.96 Å². The second-order valence-electron chi connectivity index (χ2n) is 5.14. The summed E-state index contributed by atoms with van der Waals surface area (Å²) >= 11 is 1.88. The van der Waals surface area contributed by atoms with Crippen molar-refractivity contribution in [1.29, 1.82) is 0 Å². The summed E-state index contributed by atoms with van der Waals surface area (Å²) in [6.07, 6.45) is 2.09. The maximum Gasteiger partial charge on any atom is 0.188 e. The van der Waals surface area contributed by atoms with Crippen LogP contribution >= 0.6 is 11.3 Å². The van der Waals surface area contributed by atoms with Gasteiger partial charge in [0.25, 0.3) is 0 Å². The topological polar surface area (TPSA) is 62.9 Å². The molecule has 0 amide bonds. The van der Waals surface area contributed by atoms with E-state index in [0.717, 1.165) is 52.4 Å². The van der Waals surface area contributed by atoms with E-state index in [1.165, 1.54) is 12.0 Å². The first-order chi connectivity index (χ1) is 10.3. The van der Waals surface area contributed by atoms with Gasteiger partial charge in [-0.2, -0.15) is 0 Å². The summed E-state index contributed by atoms with van der Waals surface area (Å²) in [6, 6.07) is 2.24. The second-order valence-corrected chi connectivity index (χ2v) is 6.14. The Morgan fingerprint density at radius 2 is 2.48 bits per heavy atom. The maximum absolute atomic E-state index is 5.85. The summed E-state index contributed by atoms with van der Waals surface area (Å²) in [5.74, 6) is 0.541. The van der Waals surface area contributed by atoms with Crippen molar-refractivity contribution >= 4 is 17.3 Å². The van der Waals surface area contributed by atoms with E-state index in [1.807, 2.05) is 18.3 Å². The highest BCUT2D eigenvalue weighted by atomic mass is 32.1. The number of hydrogen-bond acceptors (Lipinski definition) is 4. The zero-order chi connectivity index (χ0) is 14.9. The van der Waals surface area contributed by atoms with E-state index >= 15 is 0 Å². The number of aliphatic imine (C=N–C) groups is 1. The van der Waals surface area contributed by atoms with E-state index in [1.54, 1.807) is 4.88 Å².